The van der Waals surface area contributed by atoms with Crippen LogP contribution < -0.4 is 0 Å². The van der Waals surface area contributed by atoms with Crippen LogP contribution in [-0.2, 0) is 0 Å². The molecule has 0 spiro atoms. The number of fused-ring (bicyclic) bond motifs is 5. The highest BCUT2D eigenvalue weighted by atomic mass is 16.3. The molecule has 0 aliphatic carbocycles. The van der Waals surface area contributed by atoms with Gasteiger partial charge in [-0.15, -0.1) is 0 Å². The fourth-order valence-electron chi connectivity index (χ4n) is 7.32. The molecule has 0 aliphatic rings. The fourth-order valence-corrected chi connectivity index (χ4v) is 7.32. The van der Waals surface area contributed by atoms with E-state index in [0.29, 0.717) is 5.82 Å². The topological polar surface area (TPSA) is 38.9 Å². The Morgan fingerprint density at radius 2 is 0.941 bits per heavy atom. The minimum atomic E-state index is 0.686. The smallest absolute Gasteiger partial charge is 0.160 e. The van der Waals surface area contributed by atoms with Crippen LogP contribution in [0.3, 0.4) is 0 Å². The lowest BCUT2D eigenvalue weighted by atomic mass is 9.91. The van der Waals surface area contributed by atoms with Crippen molar-refractivity contribution in [2.75, 3.05) is 0 Å². The summed E-state index contributed by atoms with van der Waals surface area (Å²) < 4.78 is 6.18. The SMILES string of the molecule is c1ccc(-c2ccc(-c3nc(-c4ccc(-c5cc6ccccc6o5)cc4)cc(-c4c5ccccc5cc5c4ccc4ccccc45)n3)cc2)cc1. The maximum absolute atomic E-state index is 6.18. The first kappa shape index (κ1) is 29.1. The van der Waals surface area contributed by atoms with Gasteiger partial charge in [-0.3, -0.25) is 0 Å². The van der Waals surface area contributed by atoms with Crippen LogP contribution in [0.15, 0.2) is 186 Å². The van der Waals surface area contributed by atoms with Gasteiger partial charge in [0, 0.05) is 27.6 Å². The quantitative estimate of drug-likeness (QED) is 0.137. The maximum atomic E-state index is 6.18. The van der Waals surface area contributed by atoms with E-state index in [1.165, 1.54) is 32.5 Å². The fraction of sp³-hybridized carbons (Fsp3) is 0. The van der Waals surface area contributed by atoms with Crippen LogP contribution in [-0.4, -0.2) is 9.97 Å². The van der Waals surface area contributed by atoms with Crippen LogP contribution in [0.1, 0.15) is 0 Å². The van der Waals surface area contributed by atoms with Crippen molar-refractivity contribution in [1.82, 2.24) is 9.97 Å². The van der Waals surface area contributed by atoms with E-state index < -0.39 is 0 Å². The zero-order valence-corrected chi connectivity index (χ0v) is 27.6. The summed E-state index contributed by atoms with van der Waals surface area (Å²) in [6.45, 7) is 0. The lowest BCUT2D eigenvalue weighted by molar-refractivity contribution is 0.631. The second-order valence-electron chi connectivity index (χ2n) is 13.0. The summed E-state index contributed by atoms with van der Waals surface area (Å²) in [6.07, 6.45) is 0. The first-order chi connectivity index (χ1) is 25.2. The van der Waals surface area contributed by atoms with Crippen molar-refractivity contribution >= 4 is 43.3 Å². The van der Waals surface area contributed by atoms with Crippen LogP contribution in [0.2, 0.25) is 0 Å². The van der Waals surface area contributed by atoms with Gasteiger partial charge in [-0.1, -0.05) is 158 Å². The molecule has 0 N–H and O–H groups in total. The van der Waals surface area contributed by atoms with E-state index in [1.54, 1.807) is 0 Å². The van der Waals surface area contributed by atoms with E-state index in [0.717, 1.165) is 61.3 Å². The molecule has 10 rings (SSSR count). The molecular formula is C48H30N2O. The minimum absolute atomic E-state index is 0.686. The van der Waals surface area contributed by atoms with Gasteiger partial charge in [-0.05, 0) is 67.7 Å². The normalized spacial score (nSPS) is 11.5. The zero-order chi connectivity index (χ0) is 33.7. The first-order valence-corrected chi connectivity index (χ1v) is 17.2. The third-order valence-corrected chi connectivity index (χ3v) is 9.89. The molecule has 0 saturated heterocycles. The molecule has 8 aromatic carbocycles. The zero-order valence-electron chi connectivity index (χ0n) is 27.6. The molecule has 0 saturated carbocycles. The molecule has 10 aromatic rings. The Morgan fingerprint density at radius 1 is 0.333 bits per heavy atom. The predicted octanol–water partition coefficient (Wildman–Crippen LogP) is 13.0. The van der Waals surface area contributed by atoms with Gasteiger partial charge in [0.2, 0.25) is 0 Å². The predicted molar refractivity (Wildman–Crippen MR) is 212 cm³/mol. The highest BCUT2D eigenvalue weighted by molar-refractivity contribution is 6.19. The molecule has 0 aliphatic heterocycles. The Kier molecular flexibility index (Phi) is 6.81. The number of rotatable bonds is 5. The molecule has 0 atom stereocenters. The second kappa shape index (κ2) is 11.9. The lowest BCUT2D eigenvalue weighted by Gasteiger charge is -2.15. The summed E-state index contributed by atoms with van der Waals surface area (Å²) >= 11 is 0. The third kappa shape index (κ3) is 5.15. The third-order valence-electron chi connectivity index (χ3n) is 9.89. The highest BCUT2D eigenvalue weighted by Gasteiger charge is 2.17. The Hall–Kier alpha value is -6.84. The van der Waals surface area contributed by atoms with Gasteiger partial charge >= 0.3 is 0 Å². The van der Waals surface area contributed by atoms with E-state index >= 15 is 0 Å². The number of nitrogens with zero attached hydrogens (tertiary/aromatic N) is 2. The van der Waals surface area contributed by atoms with Crippen molar-refractivity contribution in [3.8, 4) is 56.4 Å². The summed E-state index contributed by atoms with van der Waals surface area (Å²) in [4.78, 5) is 10.6. The number of furan rings is 1. The van der Waals surface area contributed by atoms with Crippen molar-refractivity contribution in [2.45, 2.75) is 0 Å². The van der Waals surface area contributed by atoms with Gasteiger partial charge in [0.1, 0.15) is 11.3 Å². The van der Waals surface area contributed by atoms with Gasteiger partial charge < -0.3 is 4.42 Å². The number of benzene rings is 8. The Morgan fingerprint density at radius 3 is 1.75 bits per heavy atom. The van der Waals surface area contributed by atoms with Gasteiger partial charge in [-0.25, -0.2) is 9.97 Å². The van der Waals surface area contributed by atoms with E-state index in [-0.39, 0.29) is 0 Å². The van der Waals surface area contributed by atoms with E-state index in [2.05, 4.69) is 158 Å². The Balaban J connectivity index is 1.17. The molecule has 238 valence electrons. The number of para-hydroxylation sites is 1. The van der Waals surface area contributed by atoms with Crippen molar-refractivity contribution in [3.05, 3.63) is 182 Å². The molecule has 2 heterocycles. The number of hydrogen-bond acceptors (Lipinski definition) is 3. The van der Waals surface area contributed by atoms with Gasteiger partial charge in [0.25, 0.3) is 0 Å². The van der Waals surface area contributed by atoms with Crippen LogP contribution >= 0.6 is 0 Å². The lowest BCUT2D eigenvalue weighted by Crippen LogP contribution is -1.97. The van der Waals surface area contributed by atoms with Crippen molar-refractivity contribution in [3.63, 3.8) is 0 Å². The first-order valence-electron chi connectivity index (χ1n) is 17.2. The Labute approximate surface area is 295 Å². The molecule has 0 unspecified atom stereocenters. The highest BCUT2D eigenvalue weighted by Crippen LogP contribution is 2.40. The van der Waals surface area contributed by atoms with Crippen LogP contribution in [0.5, 0.6) is 0 Å². The second-order valence-corrected chi connectivity index (χ2v) is 13.0. The molecule has 0 amide bonds. The van der Waals surface area contributed by atoms with Gasteiger partial charge in [0.15, 0.2) is 5.82 Å². The van der Waals surface area contributed by atoms with E-state index in [4.69, 9.17) is 14.4 Å². The summed E-state index contributed by atoms with van der Waals surface area (Å²) in [7, 11) is 0. The molecule has 0 fully saturated rings. The van der Waals surface area contributed by atoms with Crippen LogP contribution in [0.25, 0.3) is 99.6 Å². The summed E-state index contributed by atoms with van der Waals surface area (Å²) in [5.74, 6) is 1.53. The van der Waals surface area contributed by atoms with Crippen molar-refractivity contribution in [2.24, 2.45) is 0 Å². The standard InChI is InChI=1S/C48H30N2O/c1-2-10-31(11-3-1)32-18-24-36(25-19-32)48-49-43(34-20-22-35(23-21-34)46-29-38-14-6-9-17-45(38)51-46)30-44(50-48)47-40-16-8-5-13-37(40)28-42-39-15-7-4-12-33(39)26-27-41(42)47/h1-30H. The van der Waals surface area contributed by atoms with Crippen LogP contribution in [0, 0.1) is 0 Å². The van der Waals surface area contributed by atoms with Gasteiger partial charge in [-0.2, -0.15) is 0 Å². The largest absolute Gasteiger partial charge is 0.456 e. The molecule has 0 bridgehead atoms. The van der Waals surface area contributed by atoms with E-state index in [1.807, 2.05) is 24.3 Å². The monoisotopic (exact) mass is 650 g/mol. The molecule has 3 heteroatoms. The Bertz CT molecular complexity index is 2860. The van der Waals surface area contributed by atoms with Crippen molar-refractivity contribution < 1.29 is 4.42 Å². The maximum Gasteiger partial charge on any atom is 0.160 e. The average Bonchev–Trinajstić information content (AvgIpc) is 3.65. The summed E-state index contributed by atoms with van der Waals surface area (Å²) in [6, 6.07) is 63.9. The van der Waals surface area contributed by atoms with E-state index in [9.17, 15) is 0 Å². The molecular weight excluding hydrogens is 621 g/mol. The summed E-state index contributed by atoms with van der Waals surface area (Å²) in [5.41, 5.74) is 9.08. The molecule has 3 nitrogen and oxygen atoms in total. The van der Waals surface area contributed by atoms with Crippen LogP contribution in [0.4, 0.5) is 0 Å². The van der Waals surface area contributed by atoms with Gasteiger partial charge in [0.05, 0.1) is 11.4 Å². The minimum Gasteiger partial charge on any atom is -0.456 e. The number of aromatic nitrogens is 2. The summed E-state index contributed by atoms with van der Waals surface area (Å²) in [5, 5.41) is 8.27. The number of hydrogen-bond donors (Lipinski definition) is 0. The molecule has 51 heavy (non-hydrogen) atoms. The molecule has 0 radical (unpaired) electrons. The van der Waals surface area contributed by atoms with Crippen molar-refractivity contribution in [1.29, 1.82) is 0 Å². The molecule has 2 aromatic heterocycles. The average molecular weight is 651 g/mol.